The van der Waals surface area contributed by atoms with E-state index in [1.54, 1.807) is 17.7 Å². The summed E-state index contributed by atoms with van der Waals surface area (Å²) in [5, 5.41) is 2.09. The Kier molecular flexibility index (Phi) is 2.16. The number of rotatable bonds is 2. The van der Waals surface area contributed by atoms with Gasteiger partial charge in [0.15, 0.2) is 0 Å². The van der Waals surface area contributed by atoms with Crippen LogP contribution in [0, 0.1) is 0 Å². The summed E-state index contributed by atoms with van der Waals surface area (Å²) in [6, 6.07) is 2.21. The van der Waals surface area contributed by atoms with Gasteiger partial charge in [-0.15, -0.1) is 11.3 Å². The van der Waals surface area contributed by atoms with Crippen LogP contribution in [0.2, 0.25) is 0 Å². The second-order valence-corrected chi connectivity index (χ2v) is 3.93. The molecule has 3 nitrogen and oxygen atoms in total. The van der Waals surface area contributed by atoms with E-state index in [1.165, 1.54) is 4.88 Å². The lowest BCUT2D eigenvalue weighted by atomic mass is 10.2. The molecule has 0 aliphatic heterocycles. The van der Waals surface area contributed by atoms with Gasteiger partial charge >= 0.3 is 0 Å². The fourth-order valence-corrected chi connectivity index (χ4v) is 2.01. The van der Waals surface area contributed by atoms with Crippen molar-refractivity contribution in [2.24, 2.45) is 5.73 Å². The van der Waals surface area contributed by atoms with Crippen molar-refractivity contribution in [2.75, 3.05) is 0 Å². The Morgan fingerprint density at radius 3 is 3.00 bits per heavy atom. The van der Waals surface area contributed by atoms with E-state index in [-0.39, 0.29) is 6.04 Å². The van der Waals surface area contributed by atoms with Crippen LogP contribution in [-0.4, -0.2) is 9.97 Å². The molecule has 1 atom stereocenters. The normalized spacial score (nSPS) is 13.1. The van der Waals surface area contributed by atoms with E-state index in [2.05, 4.69) is 21.4 Å². The highest BCUT2D eigenvalue weighted by atomic mass is 32.1. The number of hydrogen-bond donors (Lipinski definition) is 2. The lowest BCUT2D eigenvalue weighted by Crippen LogP contribution is -2.01. The van der Waals surface area contributed by atoms with E-state index in [1.807, 2.05) is 13.1 Å². The van der Waals surface area contributed by atoms with Gasteiger partial charge in [0.25, 0.3) is 0 Å². The number of thiophene rings is 1. The highest BCUT2D eigenvalue weighted by Gasteiger charge is 2.05. The number of nitrogens with one attached hydrogen (secondary N) is 1. The average molecular weight is 193 g/mol. The summed E-state index contributed by atoms with van der Waals surface area (Å²) in [6.45, 7) is 1.99. The lowest BCUT2D eigenvalue weighted by Gasteiger charge is -1.97. The van der Waals surface area contributed by atoms with Crippen LogP contribution in [0.3, 0.4) is 0 Å². The van der Waals surface area contributed by atoms with Crippen LogP contribution in [0.15, 0.2) is 24.0 Å². The molecule has 1 unspecified atom stereocenters. The monoisotopic (exact) mass is 193 g/mol. The van der Waals surface area contributed by atoms with E-state index < -0.39 is 0 Å². The average Bonchev–Trinajstić information content (AvgIpc) is 2.75. The molecular formula is C9H11N3S. The van der Waals surface area contributed by atoms with E-state index in [4.69, 9.17) is 5.73 Å². The van der Waals surface area contributed by atoms with Crippen molar-refractivity contribution in [1.82, 2.24) is 9.97 Å². The van der Waals surface area contributed by atoms with Gasteiger partial charge in [-0.2, -0.15) is 0 Å². The van der Waals surface area contributed by atoms with Crippen LogP contribution in [0.5, 0.6) is 0 Å². The third kappa shape index (κ3) is 1.64. The molecule has 0 spiro atoms. The second kappa shape index (κ2) is 3.32. The van der Waals surface area contributed by atoms with E-state index in [9.17, 15) is 0 Å². The Hall–Kier alpha value is -1.13. The summed E-state index contributed by atoms with van der Waals surface area (Å²) in [6.07, 6.45) is 3.49. The van der Waals surface area contributed by atoms with Gasteiger partial charge in [-0.1, -0.05) is 0 Å². The number of nitrogens with two attached hydrogens (primary N) is 1. The van der Waals surface area contributed by atoms with Crippen LogP contribution in [0.25, 0.3) is 11.3 Å². The van der Waals surface area contributed by atoms with Crippen molar-refractivity contribution >= 4 is 11.3 Å². The van der Waals surface area contributed by atoms with E-state index >= 15 is 0 Å². The Bertz CT molecular complexity index is 375. The number of hydrogen-bond acceptors (Lipinski definition) is 3. The van der Waals surface area contributed by atoms with Gasteiger partial charge in [0.05, 0.1) is 18.2 Å². The molecule has 0 fully saturated rings. The summed E-state index contributed by atoms with van der Waals surface area (Å²) >= 11 is 1.68. The maximum absolute atomic E-state index is 5.77. The highest BCUT2D eigenvalue weighted by molar-refractivity contribution is 7.10. The lowest BCUT2D eigenvalue weighted by molar-refractivity contribution is 0.838. The number of aromatic nitrogens is 2. The maximum atomic E-state index is 5.77. The first-order valence-corrected chi connectivity index (χ1v) is 4.98. The molecular weight excluding hydrogens is 182 g/mol. The Morgan fingerprint density at radius 1 is 1.62 bits per heavy atom. The van der Waals surface area contributed by atoms with Crippen molar-refractivity contribution < 1.29 is 0 Å². The number of imidazole rings is 1. The fraction of sp³-hybridized carbons (Fsp3) is 0.222. The number of aromatic amines is 1. The van der Waals surface area contributed by atoms with Crippen LogP contribution in [-0.2, 0) is 0 Å². The van der Waals surface area contributed by atoms with Gasteiger partial charge in [0.1, 0.15) is 0 Å². The first-order valence-electron chi connectivity index (χ1n) is 4.10. The van der Waals surface area contributed by atoms with E-state index in [0.29, 0.717) is 0 Å². The Morgan fingerprint density at radius 2 is 2.46 bits per heavy atom. The summed E-state index contributed by atoms with van der Waals surface area (Å²) < 4.78 is 0. The molecule has 3 N–H and O–H groups in total. The molecule has 13 heavy (non-hydrogen) atoms. The standard InChI is InChI=1S/C9H11N3S/c1-6(10)9-2-7(4-13-9)8-3-11-5-12-8/h2-6H,10H2,1H3,(H,11,12). The quantitative estimate of drug-likeness (QED) is 0.767. The first kappa shape index (κ1) is 8.47. The molecule has 2 heterocycles. The molecule has 2 rings (SSSR count). The summed E-state index contributed by atoms with van der Waals surface area (Å²) in [7, 11) is 0. The van der Waals surface area contributed by atoms with Crippen LogP contribution in [0.1, 0.15) is 17.8 Å². The third-order valence-corrected chi connectivity index (χ3v) is 3.01. The SMILES string of the molecule is CC(N)c1cc(-c2cnc[nH]2)cs1. The molecule has 0 aromatic carbocycles. The van der Waals surface area contributed by atoms with Crippen LogP contribution >= 0.6 is 11.3 Å². The molecule has 4 heteroatoms. The summed E-state index contributed by atoms with van der Waals surface area (Å²) in [5.41, 5.74) is 7.97. The van der Waals surface area contributed by atoms with Gasteiger partial charge in [-0.05, 0) is 13.0 Å². The molecule has 0 saturated carbocycles. The van der Waals surface area contributed by atoms with Crippen molar-refractivity contribution in [1.29, 1.82) is 0 Å². The van der Waals surface area contributed by atoms with Crippen molar-refractivity contribution in [2.45, 2.75) is 13.0 Å². The molecule has 0 amide bonds. The molecule has 0 bridgehead atoms. The molecule has 2 aromatic rings. The fourth-order valence-electron chi connectivity index (χ4n) is 1.15. The summed E-state index contributed by atoms with van der Waals surface area (Å²) in [4.78, 5) is 8.23. The van der Waals surface area contributed by atoms with Crippen molar-refractivity contribution in [3.8, 4) is 11.3 Å². The maximum Gasteiger partial charge on any atom is 0.0924 e. The zero-order valence-corrected chi connectivity index (χ0v) is 8.14. The minimum atomic E-state index is 0.113. The topological polar surface area (TPSA) is 54.7 Å². The number of nitrogens with zero attached hydrogens (tertiary/aromatic N) is 1. The Labute approximate surface area is 80.6 Å². The van der Waals surface area contributed by atoms with Gasteiger partial charge in [-0.25, -0.2) is 4.98 Å². The van der Waals surface area contributed by atoms with Crippen molar-refractivity contribution in [3.05, 3.63) is 28.8 Å². The predicted molar refractivity (Wildman–Crippen MR) is 54.5 cm³/mol. The number of H-pyrrole nitrogens is 1. The minimum Gasteiger partial charge on any atom is -0.345 e. The molecule has 2 aromatic heterocycles. The highest BCUT2D eigenvalue weighted by Crippen LogP contribution is 2.26. The molecule has 0 aliphatic rings. The van der Waals surface area contributed by atoms with Crippen LogP contribution < -0.4 is 5.73 Å². The third-order valence-electron chi connectivity index (χ3n) is 1.88. The molecule has 0 aliphatic carbocycles. The van der Waals surface area contributed by atoms with Gasteiger partial charge in [0.2, 0.25) is 0 Å². The first-order chi connectivity index (χ1) is 6.27. The van der Waals surface area contributed by atoms with Gasteiger partial charge < -0.3 is 10.7 Å². The van der Waals surface area contributed by atoms with Gasteiger partial charge in [0, 0.05) is 21.9 Å². The largest absolute Gasteiger partial charge is 0.345 e. The molecule has 0 saturated heterocycles. The van der Waals surface area contributed by atoms with Gasteiger partial charge in [-0.3, -0.25) is 0 Å². The minimum absolute atomic E-state index is 0.113. The zero-order chi connectivity index (χ0) is 9.26. The second-order valence-electron chi connectivity index (χ2n) is 2.99. The van der Waals surface area contributed by atoms with Crippen molar-refractivity contribution in [3.63, 3.8) is 0 Å². The molecule has 68 valence electrons. The van der Waals surface area contributed by atoms with E-state index in [0.717, 1.165) is 11.3 Å². The summed E-state index contributed by atoms with van der Waals surface area (Å²) in [5.74, 6) is 0. The zero-order valence-electron chi connectivity index (χ0n) is 7.32. The van der Waals surface area contributed by atoms with Crippen LogP contribution in [0.4, 0.5) is 0 Å². The smallest absolute Gasteiger partial charge is 0.0924 e. The molecule has 0 radical (unpaired) electrons. The Balaban J connectivity index is 2.33. The predicted octanol–water partition coefficient (Wildman–Crippen LogP) is 2.16.